The van der Waals surface area contributed by atoms with Crippen LogP contribution in [0.3, 0.4) is 0 Å². The minimum Gasteiger partial charge on any atom is -0.490 e. The van der Waals surface area contributed by atoms with E-state index in [4.69, 9.17) is 42.1 Å². The monoisotopic (exact) mass is 600 g/mol. The molecule has 1 saturated heterocycles. The second-order valence-electron chi connectivity index (χ2n) is 8.56. The lowest BCUT2D eigenvalue weighted by molar-refractivity contribution is -0.127. The van der Waals surface area contributed by atoms with Gasteiger partial charge in [-0.15, -0.1) is 0 Å². The van der Waals surface area contributed by atoms with Gasteiger partial charge < -0.3 is 24.3 Å². The molecule has 0 unspecified atom stereocenters. The molecule has 206 valence electrons. The van der Waals surface area contributed by atoms with Gasteiger partial charge in [-0.3, -0.25) is 19.3 Å². The molecule has 0 saturated carbocycles. The van der Waals surface area contributed by atoms with Crippen molar-refractivity contribution < 1.29 is 33.3 Å². The number of ether oxygens (including phenoxy) is 4. The Morgan fingerprint density at radius 2 is 1.82 bits per heavy atom. The van der Waals surface area contributed by atoms with Crippen LogP contribution >= 0.6 is 35.0 Å². The van der Waals surface area contributed by atoms with Gasteiger partial charge in [0.15, 0.2) is 23.0 Å². The van der Waals surface area contributed by atoms with Gasteiger partial charge in [0.1, 0.15) is 13.2 Å². The van der Waals surface area contributed by atoms with Crippen molar-refractivity contribution in [2.75, 3.05) is 25.3 Å². The summed E-state index contributed by atoms with van der Waals surface area (Å²) in [7, 11) is 0. The number of benzene rings is 3. The first kappa shape index (κ1) is 27.7. The predicted molar refractivity (Wildman–Crippen MR) is 152 cm³/mol. The lowest BCUT2D eigenvalue weighted by Gasteiger charge is -2.13. The second-order valence-corrected chi connectivity index (χ2v) is 10.4. The van der Waals surface area contributed by atoms with Crippen LogP contribution in [0.25, 0.3) is 6.08 Å². The average molecular weight is 601 g/mol. The number of carbonyl (C=O) groups is 3. The first-order chi connectivity index (χ1) is 19.3. The fourth-order valence-electron chi connectivity index (χ4n) is 3.90. The zero-order valence-electron chi connectivity index (χ0n) is 21.1. The maximum absolute atomic E-state index is 13.0. The molecule has 0 bridgehead atoms. The summed E-state index contributed by atoms with van der Waals surface area (Å²) in [5.41, 5.74) is 1.92. The Morgan fingerprint density at radius 1 is 1.00 bits per heavy atom. The van der Waals surface area contributed by atoms with Gasteiger partial charge in [0.25, 0.3) is 11.1 Å². The summed E-state index contributed by atoms with van der Waals surface area (Å²) in [5, 5.41) is 3.02. The highest BCUT2D eigenvalue weighted by Gasteiger charge is 2.36. The normalized spacial score (nSPS) is 15.1. The van der Waals surface area contributed by atoms with Crippen LogP contribution in [0.1, 0.15) is 18.1 Å². The van der Waals surface area contributed by atoms with Crippen molar-refractivity contribution in [3.05, 3.63) is 80.7 Å². The third-order valence-corrected chi connectivity index (χ3v) is 7.42. The van der Waals surface area contributed by atoms with Gasteiger partial charge >= 0.3 is 0 Å². The van der Waals surface area contributed by atoms with Gasteiger partial charge in [0.05, 0.1) is 21.6 Å². The number of amides is 3. The molecule has 1 fully saturated rings. The molecular weight excluding hydrogens is 579 g/mol. The minimum absolute atomic E-state index is 0.108. The maximum atomic E-state index is 13.0. The van der Waals surface area contributed by atoms with E-state index in [0.717, 1.165) is 22.2 Å². The van der Waals surface area contributed by atoms with Gasteiger partial charge in [0.2, 0.25) is 12.7 Å². The fourth-order valence-corrected chi connectivity index (χ4v) is 5.06. The molecule has 0 atom stereocenters. The SMILES string of the molecule is CCOc1cc(/C=C2/SC(=O)N(CC(=O)Nc3ccc4c(c3)OCO4)C2=O)ccc1OCc1ccc(Cl)c(Cl)c1. The van der Waals surface area contributed by atoms with E-state index in [0.29, 0.717) is 50.9 Å². The van der Waals surface area contributed by atoms with Crippen molar-refractivity contribution in [3.8, 4) is 23.0 Å². The largest absolute Gasteiger partial charge is 0.490 e. The topological polar surface area (TPSA) is 103 Å². The number of hydrogen-bond donors (Lipinski definition) is 1. The van der Waals surface area contributed by atoms with Crippen LogP contribution in [-0.2, 0) is 16.2 Å². The van der Waals surface area contributed by atoms with E-state index in [2.05, 4.69) is 5.32 Å². The number of hydrogen-bond acceptors (Lipinski definition) is 8. The Morgan fingerprint density at radius 3 is 2.62 bits per heavy atom. The minimum atomic E-state index is -0.561. The summed E-state index contributed by atoms with van der Waals surface area (Å²) in [6, 6.07) is 15.3. The summed E-state index contributed by atoms with van der Waals surface area (Å²) in [4.78, 5) is 39.2. The van der Waals surface area contributed by atoms with E-state index < -0.39 is 23.6 Å². The molecule has 2 aliphatic heterocycles. The van der Waals surface area contributed by atoms with Gasteiger partial charge in [0, 0.05) is 11.8 Å². The number of nitrogens with zero attached hydrogens (tertiary/aromatic N) is 1. The summed E-state index contributed by atoms with van der Waals surface area (Å²) in [6.07, 6.45) is 1.58. The van der Waals surface area contributed by atoms with E-state index in [1.807, 2.05) is 13.0 Å². The number of carbonyl (C=O) groups excluding carboxylic acids is 3. The van der Waals surface area contributed by atoms with Gasteiger partial charge in [-0.2, -0.15) is 0 Å². The molecule has 2 heterocycles. The molecular formula is C28H22Cl2N2O7S. The lowest BCUT2D eigenvalue weighted by Crippen LogP contribution is -2.36. The Bertz CT molecular complexity index is 1530. The van der Waals surface area contributed by atoms with Crippen molar-refractivity contribution in [1.82, 2.24) is 4.90 Å². The molecule has 0 radical (unpaired) electrons. The third-order valence-electron chi connectivity index (χ3n) is 5.78. The summed E-state index contributed by atoms with van der Waals surface area (Å²) >= 11 is 12.8. The quantitative estimate of drug-likeness (QED) is 0.282. The summed E-state index contributed by atoms with van der Waals surface area (Å²) < 4.78 is 22.2. The van der Waals surface area contributed by atoms with Crippen LogP contribution in [0.4, 0.5) is 10.5 Å². The van der Waals surface area contributed by atoms with Gasteiger partial charge in [-0.05, 0) is 72.3 Å². The van der Waals surface area contributed by atoms with Crippen LogP contribution < -0.4 is 24.3 Å². The molecule has 40 heavy (non-hydrogen) atoms. The maximum Gasteiger partial charge on any atom is 0.294 e. The molecule has 1 N–H and O–H groups in total. The lowest BCUT2D eigenvalue weighted by atomic mass is 10.1. The van der Waals surface area contributed by atoms with Crippen LogP contribution in [0, 0.1) is 0 Å². The number of nitrogens with one attached hydrogen (secondary N) is 1. The Labute approximate surface area is 243 Å². The Balaban J connectivity index is 1.25. The highest BCUT2D eigenvalue weighted by Crippen LogP contribution is 2.36. The van der Waals surface area contributed by atoms with Crippen LogP contribution in [0.5, 0.6) is 23.0 Å². The number of imide groups is 1. The van der Waals surface area contributed by atoms with E-state index in [-0.39, 0.29) is 18.3 Å². The number of halogens is 2. The molecule has 12 heteroatoms. The van der Waals surface area contributed by atoms with E-state index in [1.165, 1.54) is 0 Å². The van der Waals surface area contributed by atoms with E-state index in [9.17, 15) is 14.4 Å². The summed E-state index contributed by atoms with van der Waals surface area (Å²) in [5.74, 6) is 0.965. The smallest absolute Gasteiger partial charge is 0.294 e. The highest BCUT2D eigenvalue weighted by atomic mass is 35.5. The first-order valence-electron chi connectivity index (χ1n) is 12.1. The van der Waals surface area contributed by atoms with Crippen LogP contribution in [-0.4, -0.2) is 41.9 Å². The Kier molecular flexibility index (Phi) is 8.39. The van der Waals surface area contributed by atoms with E-state index >= 15 is 0 Å². The van der Waals surface area contributed by atoms with Crippen LogP contribution in [0.15, 0.2) is 59.5 Å². The molecule has 3 amide bonds. The molecule has 0 aliphatic carbocycles. The Hall–Kier alpha value is -3.86. The second kappa shape index (κ2) is 12.1. The number of rotatable bonds is 9. The van der Waals surface area contributed by atoms with Crippen molar-refractivity contribution in [2.24, 2.45) is 0 Å². The molecule has 5 rings (SSSR count). The van der Waals surface area contributed by atoms with Crippen molar-refractivity contribution in [2.45, 2.75) is 13.5 Å². The number of thioether (sulfide) groups is 1. The molecule has 0 aromatic heterocycles. The molecule has 3 aromatic carbocycles. The van der Waals surface area contributed by atoms with Crippen molar-refractivity contribution >= 4 is 63.8 Å². The molecule has 9 nitrogen and oxygen atoms in total. The fraction of sp³-hybridized carbons (Fsp3) is 0.179. The number of anilines is 1. The zero-order valence-corrected chi connectivity index (χ0v) is 23.4. The van der Waals surface area contributed by atoms with Gasteiger partial charge in [-0.25, -0.2) is 0 Å². The average Bonchev–Trinajstić information content (AvgIpc) is 3.50. The standard InChI is InChI=1S/C28H22Cl2N2O7S/c1-2-36-23-10-16(4-7-21(23)37-14-17-3-6-19(29)20(30)9-17)11-25-27(34)32(28(35)40-25)13-26(33)31-18-5-8-22-24(12-18)39-15-38-22/h3-12H,2,13-15H2,1H3,(H,31,33)/b25-11+. The van der Waals surface area contributed by atoms with Crippen molar-refractivity contribution in [1.29, 1.82) is 0 Å². The zero-order chi connectivity index (χ0) is 28.2. The third kappa shape index (κ3) is 6.30. The van der Waals surface area contributed by atoms with E-state index in [1.54, 1.807) is 54.6 Å². The van der Waals surface area contributed by atoms with Gasteiger partial charge in [-0.1, -0.05) is 35.3 Å². The molecule has 3 aromatic rings. The predicted octanol–water partition coefficient (Wildman–Crippen LogP) is 6.37. The first-order valence-corrected chi connectivity index (χ1v) is 13.7. The molecule has 0 spiro atoms. The number of fused-ring (bicyclic) bond motifs is 1. The highest BCUT2D eigenvalue weighted by molar-refractivity contribution is 8.18. The van der Waals surface area contributed by atoms with Crippen molar-refractivity contribution in [3.63, 3.8) is 0 Å². The summed E-state index contributed by atoms with van der Waals surface area (Å²) in [6.45, 7) is 2.15. The molecule has 2 aliphatic rings. The van der Waals surface area contributed by atoms with Crippen LogP contribution in [0.2, 0.25) is 10.0 Å².